The van der Waals surface area contributed by atoms with E-state index in [4.69, 9.17) is 9.47 Å². The monoisotopic (exact) mass is 380 g/mol. The molecule has 0 spiro atoms. The number of aromatic nitrogens is 3. The average molecular weight is 380 g/mol. The van der Waals surface area contributed by atoms with E-state index < -0.39 is 0 Å². The van der Waals surface area contributed by atoms with Crippen molar-refractivity contribution in [1.82, 2.24) is 20.3 Å². The van der Waals surface area contributed by atoms with Gasteiger partial charge in [0.2, 0.25) is 5.91 Å². The van der Waals surface area contributed by atoms with Gasteiger partial charge in [0, 0.05) is 6.42 Å². The van der Waals surface area contributed by atoms with Gasteiger partial charge >= 0.3 is 0 Å². The summed E-state index contributed by atoms with van der Waals surface area (Å²) < 4.78 is 13.1. The fourth-order valence-corrected chi connectivity index (χ4v) is 3.40. The quantitative estimate of drug-likeness (QED) is 0.736. The van der Waals surface area contributed by atoms with E-state index >= 15 is 0 Å². The Balaban J connectivity index is 1.52. The van der Waals surface area contributed by atoms with Gasteiger partial charge in [0.05, 0.1) is 24.8 Å². The second kappa shape index (κ2) is 7.88. The summed E-state index contributed by atoms with van der Waals surface area (Å²) in [4.78, 5) is 12.7. The molecule has 2 aromatic carbocycles. The molecule has 7 heteroatoms. The van der Waals surface area contributed by atoms with E-state index in [2.05, 4.69) is 29.5 Å². The standard InChI is InChI=1S/C21H24N4O3/c1-14(2)21(15-8-9-18-19(12-15)28-11-5-10-27-18)22-20(26)13-25-17-7-4-3-6-16(17)23-24-25/h3-4,6-9,12,14,21H,5,10-11,13H2,1-2H3,(H,22,26)/t21-/m1/s1. The molecule has 7 nitrogen and oxygen atoms in total. The number of carbonyl (C=O) groups is 1. The summed E-state index contributed by atoms with van der Waals surface area (Å²) in [6.07, 6.45) is 0.861. The van der Waals surface area contributed by atoms with Crippen LogP contribution in [0.3, 0.4) is 0 Å². The molecule has 0 unspecified atom stereocenters. The Kier molecular flexibility index (Phi) is 5.14. The summed E-state index contributed by atoms with van der Waals surface area (Å²) in [6.45, 7) is 5.57. The lowest BCUT2D eigenvalue weighted by Crippen LogP contribution is -2.34. The van der Waals surface area contributed by atoms with Gasteiger partial charge in [-0.15, -0.1) is 5.10 Å². The number of para-hydroxylation sites is 1. The molecule has 1 amide bonds. The first kappa shape index (κ1) is 18.3. The summed E-state index contributed by atoms with van der Waals surface area (Å²) in [7, 11) is 0. The van der Waals surface area contributed by atoms with Crippen LogP contribution in [0.4, 0.5) is 0 Å². The van der Waals surface area contributed by atoms with Gasteiger partial charge in [-0.1, -0.05) is 37.3 Å². The summed E-state index contributed by atoms with van der Waals surface area (Å²) in [5.41, 5.74) is 2.61. The number of hydrogen-bond acceptors (Lipinski definition) is 5. The normalized spacial score (nSPS) is 14.7. The molecule has 0 fully saturated rings. The zero-order valence-corrected chi connectivity index (χ0v) is 16.1. The minimum Gasteiger partial charge on any atom is -0.490 e. The van der Waals surface area contributed by atoms with E-state index in [1.165, 1.54) is 0 Å². The lowest BCUT2D eigenvalue weighted by atomic mass is 9.95. The van der Waals surface area contributed by atoms with Crippen LogP contribution in [0.1, 0.15) is 31.9 Å². The van der Waals surface area contributed by atoms with E-state index in [9.17, 15) is 4.79 Å². The van der Waals surface area contributed by atoms with Gasteiger partial charge in [-0.3, -0.25) is 4.79 Å². The second-order valence-electron chi connectivity index (χ2n) is 7.28. The van der Waals surface area contributed by atoms with Crippen molar-refractivity contribution >= 4 is 16.9 Å². The zero-order chi connectivity index (χ0) is 19.5. The van der Waals surface area contributed by atoms with Gasteiger partial charge in [-0.05, 0) is 35.7 Å². The molecule has 0 saturated carbocycles. The van der Waals surface area contributed by atoms with E-state index in [0.29, 0.717) is 13.2 Å². The highest BCUT2D eigenvalue weighted by Crippen LogP contribution is 2.34. The van der Waals surface area contributed by atoms with Crippen LogP contribution in [0.15, 0.2) is 42.5 Å². The number of carbonyl (C=O) groups excluding carboxylic acids is 1. The summed E-state index contributed by atoms with van der Waals surface area (Å²) >= 11 is 0. The van der Waals surface area contributed by atoms with E-state index in [1.54, 1.807) is 4.68 Å². The van der Waals surface area contributed by atoms with Gasteiger partial charge in [-0.25, -0.2) is 4.68 Å². The molecule has 1 aromatic heterocycles. The van der Waals surface area contributed by atoms with E-state index in [1.807, 2.05) is 42.5 Å². The third-order valence-electron chi connectivity index (χ3n) is 4.83. The number of ether oxygens (including phenoxy) is 2. The molecule has 0 bridgehead atoms. The lowest BCUT2D eigenvalue weighted by Gasteiger charge is -2.24. The molecule has 0 aliphatic carbocycles. The van der Waals surface area contributed by atoms with Gasteiger partial charge < -0.3 is 14.8 Å². The molecule has 1 aliphatic rings. The topological polar surface area (TPSA) is 78.3 Å². The number of fused-ring (bicyclic) bond motifs is 2. The Morgan fingerprint density at radius 3 is 2.75 bits per heavy atom. The number of rotatable bonds is 5. The fourth-order valence-electron chi connectivity index (χ4n) is 3.40. The maximum atomic E-state index is 12.7. The molecule has 1 N–H and O–H groups in total. The average Bonchev–Trinajstić information content (AvgIpc) is 2.94. The molecule has 28 heavy (non-hydrogen) atoms. The molecular weight excluding hydrogens is 356 g/mol. The molecular formula is C21H24N4O3. The maximum absolute atomic E-state index is 12.7. The Morgan fingerprint density at radius 2 is 1.93 bits per heavy atom. The molecule has 3 aromatic rings. The minimum atomic E-state index is -0.139. The van der Waals surface area contributed by atoms with Crippen molar-refractivity contribution in [1.29, 1.82) is 0 Å². The Morgan fingerprint density at radius 1 is 1.14 bits per heavy atom. The van der Waals surface area contributed by atoms with Crippen LogP contribution in [0.2, 0.25) is 0 Å². The number of nitrogens with zero attached hydrogens (tertiary/aromatic N) is 3. The van der Waals surface area contributed by atoms with E-state index in [-0.39, 0.29) is 24.4 Å². The largest absolute Gasteiger partial charge is 0.490 e. The van der Waals surface area contributed by atoms with Gasteiger partial charge in [0.25, 0.3) is 0 Å². The molecule has 1 atom stereocenters. The van der Waals surface area contributed by atoms with Crippen molar-refractivity contribution < 1.29 is 14.3 Å². The SMILES string of the molecule is CC(C)[C@@H](NC(=O)Cn1nnc2ccccc21)c1ccc2c(c1)OCCCO2. The van der Waals surface area contributed by atoms with Crippen LogP contribution in [-0.2, 0) is 11.3 Å². The molecule has 0 radical (unpaired) electrons. The fraction of sp³-hybridized carbons (Fsp3) is 0.381. The highest BCUT2D eigenvalue weighted by molar-refractivity contribution is 5.80. The summed E-state index contributed by atoms with van der Waals surface area (Å²) in [5.74, 6) is 1.59. The predicted molar refractivity (Wildman–Crippen MR) is 105 cm³/mol. The Bertz CT molecular complexity index is 983. The Labute approximate surface area is 163 Å². The van der Waals surface area contributed by atoms with E-state index in [0.717, 1.165) is 34.5 Å². The summed E-state index contributed by atoms with van der Waals surface area (Å²) in [5, 5.41) is 11.3. The van der Waals surface area contributed by atoms with Crippen molar-refractivity contribution in [3.05, 3.63) is 48.0 Å². The third-order valence-corrected chi connectivity index (χ3v) is 4.83. The molecule has 2 heterocycles. The maximum Gasteiger partial charge on any atom is 0.242 e. The summed E-state index contributed by atoms with van der Waals surface area (Å²) in [6, 6.07) is 13.3. The van der Waals surface area contributed by atoms with Crippen LogP contribution < -0.4 is 14.8 Å². The zero-order valence-electron chi connectivity index (χ0n) is 16.1. The number of hydrogen-bond donors (Lipinski definition) is 1. The van der Waals surface area contributed by atoms with Crippen LogP contribution in [0, 0.1) is 5.92 Å². The van der Waals surface area contributed by atoms with Gasteiger partial charge in [0.15, 0.2) is 11.5 Å². The molecule has 0 saturated heterocycles. The van der Waals surface area contributed by atoms with Crippen molar-refractivity contribution in [3.63, 3.8) is 0 Å². The smallest absolute Gasteiger partial charge is 0.242 e. The Hall–Kier alpha value is -3.09. The van der Waals surface area contributed by atoms with Crippen LogP contribution in [0.5, 0.6) is 11.5 Å². The van der Waals surface area contributed by atoms with Crippen molar-refractivity contribution in [3.8, 4) is 11.5 Å². The van der Waals surface area contributed by atoms with Crippen molar-refractivity contribution in [2.75, 3.05) is 13.2 Å². The van der Waals surface area contributed by atoms with Gasteiger partial charge in [-0.2, -0.15) is 0 Å². The van der Waals surface area contributed by atoms with Crippen LogP contribution in [0.25, 0.3) is 11.0 Å². The van der Waals surface area contributed by atoms with Crippen LogP contribution >= 0.6 is 0 Å². The molecule has 146 valence electrons. The second-order valence-corrected chi connectivity index (χ2v) is 7.28. The number of nitrogens with one attached hydrogen (secondary N) is 1. The van der Waals surface area contributed by atoms with Crippen LogP contribution in [-0.4, -0.2) is 34.1 Å². The number of benzene rings is 2. The molecule has 4 rings (SSSR count). The highest BCUT2D eigenvalue weighted by Gasteiger charge is 2.21. The number of amides is 1. The van der Waals surface area contributed by atoms with Crippen molar-refractivity contribution in [2.24, 2.45) is 5.92 Å². The third kappa shape index (κ3) is 3.78. The first-order chi connectivity index (χ1) is 13.6. The molecule has 1 aliphatic heterocycles. The first-order valence-electron chi connectivity index (χ1n) is 9.59. The lowest BCUT2D eigenvalue weighted by molar-refractivity contribution is -0.122. The van der Waals surface area contributed by atoms with Gasteiger partial charge in [0.1, 0.15) is 12.1 Å². The highest BCUT2D eigenvalue weighted by atomic mass is 16.5. The first-order valence-corrected chi connectivity index (χ1v) is 9.59. The van der Waals surface area contributed by atoms with Crippen molar-refractivity contribution in [2.45, 2.75) is 32.9 Å². The predicted octanol–water partition coefficient (Wildman–Crippen LogP) is 3.11. The minimum absolute atomic E-state index is 0.110.